The molecule has 6 nitrogen and oxygen atoms in total. The zero-order chi connectivity index (χ0) is 21.1. The van der Waals surface area contributed by atoms with Crippen LogP contribution in [0.4, 0.5) is 5.69 Å². The van der Waals surface area contributed by atoms with Crippen molar-refractivity contribution >= 4 is 23.4 Å². The van der Waals surface area contributed by atoms with Crippen molar-refractivity contribution in [1.82, 2.24) is 4.90 Å². The van der Waals surface area contributed by atoms with Crippen molar-refractivity contribution in [3.8, 4) is 5.75 Å². The predicted octanol–water partition coefficient (Wildman–Crippen LogP) is 3.58. The minimum Gasteiger partial charge on any atom is -0.497 e. The van der Waals surface area contributed by atoms with Gasteiger partial charge in [-0.25, -0.2) is 4.90 Å². The summed E-state index contributed by atoms with van der Waals surface area (Å²) in [5.74, 6) is -0.265. The molecule has 0 aliphatic carbocycles. The van der Waals surface area contributed by atoms with E-state index in [-0.39, 0.29) is 30.2 Å². The van der Waals surface area contributed by atoms with Crippen molar-refractivity contribution in [2.75, 3.05) is 12.0 Å². The molecule has 3 rings (SSSR count). The van der Waals surface area contributed by atoms with Gasteiger partial charge in [0.25, 0.3) is 11.8 Å². The van der Waals surface area contributed by atoms with Gasteiger partial charge in [0.1, 0.15) is 11.8 Å². The third kappa shape index (κ3) is 3.88. The molecule has 1 aliphatic heterocycles. The van der Waals surface area contributed by atoms with Crippen molar-refractivity contribution in [2.24, 2.45) is 0 Å². The van der Waals surface area contributed by atoms with Gasteiger partial charge in [-0.3, -0.25) is 14.4 Å². The van der Waals surface area contributed by atoms with Crippen molar-refractivity contribution < 1.29 is 19.1 Å². The molecule has 6 heteroatoms. The second kappa shape index (κ2) is 8.47. The topological polar surface area (TPSA) is 66.9 Å². The Kier molecular flexibility index (Phi) is 6.01. The largest absolute Gasteiger partial charge is 0.497 e. The van der Waals surface area contributed by atoms with E-state index in [4.69, 9.17) is 4.74 Å². The van der Waals surface area contributed by atoms with Crippen LogP contribution in [0.5, 0.6) is 5.75 Å². The van der Waals surface area contributed by atoms with Gasteiger partial charge < -0.3 is 9.64 Å². The summed E-state index contributed by atoms with van der Waals surface area (Å²) < 4.78 is 5.14. The third-order valence-electron chi connectivity index (χ3n) is 5.46. The molecule has 0 radical (unpaired) electrons. The lowest BCUT2D eigenvalue weighted by Crippen LogP contribution is -2.49. The minimum absolute atomic E-state index is 0.0210. The number of benzene rings is 2. The maximum Gasteiger partial charge on any atom is 0.257 e. The average Bonchev–Trinajstić information content (AvgIpc) is 3.02. The number of carbonyl (C=O) groups excluding carboxylic acids is 3. The lowest BCUT2D eigenvalue weighted by atomic mass is 10.0. The van der Waals surface area contributed by atoms with E-state index in [9.17, 15) is 14.4 Å². The normalized spacial score (nSPS) is 17.4. The highest BCUT2D eigenvalue weighted by molar-refractivity contribution is 6.23. The van der Waals surface area contributed by atoms with Crippen LogP contribution in [-0.4, -0.2) is 41.8 Å². The highest BCUT2D eigenvalue weighted by Gasteiger charge is 2.45. The number of imide groups is 1. The van der Waals surface area contributed by atoms with Crippen LogP contribution < -0.4 is 9.64 Å². The summed E-state index contributed by atoms with van der Waals surface area (Å²) in [6.45, 7) is 5.74. The highest BCUT2D eigenvalue weighted by Crippen LogP contribution is 2.30. The summed E-state index contributed by atoms with van der Waals surface area (Å²) in [4.78, 5) is 42.1. The van der Waals surface area contributed by atoms with E-state index in [1.165, 1.54) is 4.90 Å². The smallest absolute Gasteiger partial charge is 0.257 e. The number of aryl methyl sites for hydroxylation is 1. The van der Waals surface area contributed by atoms with Gasteiger partial charge in [-0.05, 0) is 56.2 Å². The first kappa shape index (κ1) is 20.6. The molecule has 0 saturated carbocycles. The fraction of sp³-hybridized carbons (Fsp3) is 0.348. The molecule has 29 heavy (non-hydrogen) atoms. The number of amides is 3. The minimum atomic E-state index is -0.813. The summed E-state index contributed by atoms with van der Waals surface area (Å²) in [6.07, 6.45) is 0.658. The van der Waals surface area contributed by atoms with E-state index in [1.54, 1.807) is 48.4 Å². The number of rotatable bonds is 6. The molecular weight excluding hydrogens is 368 g/mol. The van der Waals surface area contributed by atoms with E-state index in [1.807, 2.05) is 32.9 Å². The van der Waals surface area contributed by atoms with E-state index >= 15 is 0 Å². The van der Waals surface area contributed by atoms with Crippen LogP contribution >= 0.6 is 0 Å². The number of ether oxygens (including phenoxy) is 1. The lowest BCUT2D eigenvalue weighted by Gasteiger charge is -2.33. The molecule has 0 spiro atoms. The fourth-order valence-corrected chi connectivity index (χ4v) is 3.63. The molecule has 2 aromatic rings. The van der Waals surface area contributed by atoms with Gasteiger partial charge in [0.15, 0.2) is 0 Å². The first-order chi connectivity index (χ1) is 13.9. The summed E-state index contributed by atoms with van der Waals surface area (Å²) >= 11 is 0. The number of anilines is 1. The lowest BCUT2D eigenvalue weighted by molar-refractivity contribution is -0.122. The molecule has 1 fully saturated rings. The fourth-order valence-electron chi connectivity index (χ4n) is 3.63. The molecule has 152 valence electrons. The average molecular weight is 394 g/mol. The number of nitrogens with zero attached hydrogens (tertiary/aromatic N) is 2. The van der Waals surface area contributed by atoms with Gasteiger partial charge >= 0.3 is 0 Å². The second-order valence-corrected chi connectivity index (χ2v) is 7.27. The monoisotopic (exact) mass is 394 g/mol. The van der Waals surface area contributed by atoms with Crippen LogP contribution in [0.1, 0.15) is 42.6 Å². The Morgan fingerprint density at radius 1 is 1.17 bits per heavy atom. The summed E-state index contributed by atoms with van der Waals surface area (Å²) in [6, 6.07) is 13.1. The summed E-state index contributed by atoms with van der Waals surface area (Å²) in [5.41, 5.74) is 1.88. The Balaban J connectivity index is 1.94. The summed E-state index contributed by atoms with van der Waals surface area (Å²) in [5, 5.41) is 0. The molecule has 2 unspecified atom stereocenters. The Bertz CT molecular complexity index is 923. The molecule has 2 atom stereocenters. The van der Waals surface area contributed by atoms with Crippen LogP contribution in [0.25, 0.3) is 0 Å². The number of hydrogen-bond donors (Lipinski definition) is 0. The van der Waals surface area contributed by atoms with E-state index in [0.29, 0.717) is 23.4 Å². The van der Waals surface area contributed by atoms with Crippen LogP contribution in [0, 0.1) is 6.92 Å². The van der Waals surface area contributed by atoms with Gasteiger partial charge in [0.05, 0.1) is 19.2 Å². The van der Waals surface area contributed by atoms with Crippen molar-refractivity contribution in [3.63, 3.8) is 0 Å². The van der Waals surface area contributed by atoms with Crippen LogP contribution in [0.15, 0.2) is 48.5 Å². The Morgan fingerprint density at radius 3 is 2.41 bits per heavy atom. The van der Waals surface area contributed by atoms with E-state index in [0.717, 1.165) is 5.56 Å². The van der Waals surface area contributed by atoms with Crippen molar-refractivity contribution in [2.45, 2.75) is 45.7 Å². The van der Waals surface area contributed by atoms with Gasteiger partial charge in [-0.1, -0.05) is 25.1 Å². The third-order valence-corrected chi connectivity index (χ3v) is 5.46. The molecule has 0 N–H and O–H groups in total. The predicted molar refractivity (Wildman–Crippen MR) is 111 cm³/mol. The maximum atomic E-state index is 13.4. The first-order valence-electron chi connectivity index (χ1n) is 9.78. The zero-order valence-corrected chi connectivity index (χ0v) is 17.2. The summed E-state index contributed by atoms with van der Waals surface area (Å²) in [7, 11) is 1.55. The zero-order valence-electron chi connectivity index (χ0n) is 17.2. The van der Waals surface area contributed by atoms with Gasteiger partial charge in [-0.15, -0.1) is 0 Å². The molecular formula is C23H26N2O4. The molecule has 1 aliphatic rings. The van der Waals surface area contributed by atoms with Gasteiger partial charge in [0, 0.05) is 11.6 Å². The van der Waals surface area contributed by atoms with Gasteiger partial charge in [-0.2, -0.15) is 0 Å². The Hall–Kier alpha value is -3.15. The maximum absolute atomic E-state index is 13.4. The molecule has 3 amide bonds. The van der Waals surface area contributed by atoms with Crippen LogP contribution in [-0.2, 0) is 9.59 Å². The standard InChI is InChI=1S/C23H26N2O4/c1-5-16(3)24(22(27)19-9-7-6-8-15(19)2)20-14-21(26)25(23(20)28)17-10-12-18(29-4)13-11-17/h6-13,16,20H,5,14H2,1-4H3. The van der Waals surface area contributed by atoms with Gasteiger partial charge in [0.2, 0.25) is 5.91 Å². The molecule has 1 heterocycles. The number of carbonyl (C=O) groups is 3. The number of methoxy groups -OCH3 is 1. The first-order valence-corrected chi connectivity index (χ1v) is 9.78. The molecule has 0 aromatic heterocycles. The molecule has 0 bridgehead atoms. The van der Waals surface area contributed by atoms with Crippen LogP contribution in [0.2, 0.25) is 0 Å². The molecule has 1 saturated heterocycles. The molecule has 2 aromatic carbocycles. The van der Waals surface area contributed by atoms with Crippen molar-refractivity contribution in [3.05, 3.63) is 59.7 Å². The van der Waals surface area contributed by atoms with E-state index in [2.05, 4.69) is 0 Å². The van der Waals surface area contributed by atoms with E-state index < -0.39 is 6.04 Å². The Morgan fingerprint density at radius 2 is 1.83 bits per heavy atom. The highest BCUT2D eigenvalue weighted by atomic mass is 16.5. The number of hydrogen-bond acceptors (Lipinski definition) is 4. The van der Waals surface area contributed by atoms with Crippen LogP contribution in [0.3, 0.4) is 0 Å². The SMILES string of the molecule is CCC(C)N(C(=O)c1ccccc1C)C1CC(=O)N(c2ccc(OC)cc2)C1=O. The quantitative estimate of drug-likeness (QED) is 0.703. The second-order valence-electron chi connectivity index (χ2n) is 7.27. The van der Waals surface area contributed by atoms with Crippen molar-refractivity contribution in [1.29, 1.82) is 0 Å². The Labute approximate surface area is 171 Å².